The van der Waals surface area contributed by atoms with Crippen LogP contribution in [0, 0.1) is 0 Å². The second-order valence-electron chi connectivity index (χ2n) is 6.29. The quantitative estimate of drug-likeness (QED) is 0.499. The van der Waals surface area contributed by atoms with Gasteiger partial charge in [-0.05, 0) is 24.1 Å². The SMILES string of the molecule is CC[C@@H](c1ccc(Cl)c(Cl)c1)n1ncc2nc(-n3cc(C(=O)O)cn3)[nH]c(=O)c21. The van der Waals surface area contributed by atoms with E-state index in [-0.39, 0.29) is 23.1 Å². The Morgan fingerprint density at radius 1 is 1.24 bits per heavy atom. The molecule has 0 aliphatic carbocycles. The lowest BCUT2D eigenvalue weighted by Gasteiger charge is -2.17. The first-order chi connectivity index (χ1) is 13.9. The van der Waals surface area contributed by atoms with E-state index in [0.29, 0.717) is 22.0 Å². The first kappa shape index (κ1) is 19.2. The summed E-state index contributed by atoms with van der Waals surface area (Å²) >= 11 is 12.2. The summed E-state index contributed by atoms with van der Waals surface area (Å²) in [5, 5.41) is 18.2. The number of rotatable bonds is 5. The number of aromatic amines is 1. The third kappa shape index (κ3) is 3.39. The van der Waals surface area contributed by atoms with Gasteiger partial charge in [0.25, 0.3) is 5.56 Å². The summed E-state index contributed by atoms with van der Waals surface area (Å²) < 4.78 is 2.79. The van der Waals surface area contributed by atoms with Crippen molar-refractivity contribution >= 4 is 40.2 Å². The third-order valence-corrected chi connectivity index (χ3v) is 5.24. The minimum Gasteiger partial charge on any atom is -0.478 e. The number of aromatic carboxylic acids is 1. The highest BCUT2D eigenvalue weighted by Crippen LogP contribution is 2.30. The fourth-order valence-corrected chi connectivity index (χ4v) is 3.43. The number of nitrogens with zero attached hydrogens (tertiary/aromatic N) is 5. The largest absolute Gasteiger partial charge is 0.478 e. The number of benzene rings is 1. The van der Waals surface area contributed by atoms with Gasteiger partial charge in [0, 0.05) is 6.20 Å². The molecular weight excluding hydrogens is 419 g/mol. The summed E-state index contributed by atoms with van der Waals surface area (Å²) in [6.45, 7) is 1.97. The van der Waals surface area contributed by atoms with Crippen molar-refractivity contribution in [2.24, 2.45) is 0 Å². The fourth-order valence-electron chi connectivity index (χ4n) is 3.12. The maximum absolute atomic E-state index is 12.8. The number of fused-ring (bicyclic) bond motifs is 1. The summed E-state index contributed by atoms with van der Waals surface area (Å²) in [6.07, 6.45) is 4.57. The van der Waals surface area contributed by atoms with E-state index in [1.54, 1.807) is 16.8 Å². The number of carbonyl (C=O) groups is 1. The van der Waals surface area contributed by atoms with Gasteiger partial charge in [-0.3, -0.25) is 14.5 Å². The average Bonchev–Trinajstić information content (AvgIpc) is 3.33. The highest BCUT2D eigenvalue weighted by molar-refractivity contribution is 6.42. The van der Waals surface area contributed by atoms with Crippen molar-refractivity contribution in [2.75, 3.05) is 0 Å². The first-order valence-corrected chi connectivity index (χ1v) is 9.35. The molecule has 0 saturated heterocycles. The fraction of sp³-hybridized carbons (Fsp3) is 0.167. The lowest BCUT2D eigenvalue weighted by molar-refractivity contribution is 0.0697. The molecule has 3 heterocycles. The monoisotopic (exact) mass is 432 g/mol. The Hall–Kier alpha value is -3.17. The Kier molecular flexibility index (Phi) is 4.85. The number of nitrogens with one attached hydrogen (secondary N) is 1. The van der Waals surface area contributed by atoms with E-state index in [4.69, 9.17) is 28.3 Å². The van der Waals surface area contributed by atoms with Gasteiger partial charge in [-0.15, -0.1) is 0 Å². The number of carboxylic acids is 1. The molecule has 3 aromatic heterocycles. The summed E-state index contributed by atoms with van der Waals surface area (Å²) in [6, 6.07) is 5.03. The van der Waals surface area contributed by atoms with Crippen LogP contribution in [0.1, 0.15) is 35.3 Å². The van der Waals surface area contributed by atoms with E-state index < -0.39 is 11.5 Å². The molecule has 1 aromatic carbocycles. The van der Waals surface area contributed by atoms with Gasteiger partial charge >= 0.3 is 5.97 Å². The molecule has 0 bridgehead atoms. The Morgan fingerprint density at radius 3 is 2.69 bits per heavy atom. The molecule has 9 nitrogen and oxygen atoms in total. The molecule has 0 unspecified atom stereocenters. The number of H-pyrrole nitrogens is 1. The lowest BCUT2D eigenvalue weighted by atomic mass is 10.0. The predicted molar refractivity (Wildman–Crippen MR) is 107 cm³/mol. The van der Waals surface area contributed by atoms with Crippen molar-refractivity contribution in [2.45, 2.75) is 19.4 Å². The number of halogens is 2. The molecular formula is C18H14Cl2N6O3. The van der Waals surface area contributed by atoms with Crippen LogP contribution in [0.2, 0.25) is 10.0 Å². The van der Waals surface area contributed by atoms with E-state index >= 15 is 0 Å². The second-order valence-corrected chi connectivity index (χ2v) is 7.10. The Balaban J connectivity index is 1.81. The summed E-state index contributed by atoms with van der Waals surface area (Å²) in [5.41, 5.74) is 1.06. The molecule has 4 aromatic rings. The highest BCUT2D eigenvalue weighted by atomic mass is 35.5. The highest BCUT2D eigenvalue weighted by Gasteiger charge is 2.20. The van der Waals surface area contributed by atoms with Crippen LogP contribution in [-0.2, 0) is 0 Å². The van der Waals surface area contributed by atoms with Gasteiger partial charge in [0.2, 0.25) is 5.95 Å². The molecule has 0 amide bonds. The maximum atomic E-state index is 12.8. The lowest BCUT2D eigenvalue weighted by Crippen LogP contribution is -2.20. The van der Waals surface area contributed by atoms with E-state index in [9.17, 15) is 9.59 Å². The molecule has 0 radical (unpaired) electrons. The Bertz CT molecular complexity index is 1290. The Labute approximate surface area is 173 Å². The minimum absolute atomic E-state index is 0.0193. The predicted octanol–water partition coefficient (Wildman–Crippen LogP) is 3.31. The maximum Gasteiger partial charge on any atom is 0.338 e. The van der Waals surface area contributed by atoms with Crippen LogP contribution < -0.4 is 5.56 Å². The molecule has 0 aliphatic rings. The van der Waals surface area contributed by atoms with Gasteiger partial charge in [0.15, 0.2) is 5.52 Å². The van der Waals surface area contributed by atoms with Crippen molar-refractivity contribution in [3.8, 4) is 5.95 Å². The van der Waals surface area contributed by atoms with Crippen LogP contribution in [0.3, 0.4) is 0 Å². The van der Waals surface area contributed by atoms with E-state index in [1.807, 2.05) is 13.0 Å². The molecule has 148 valence electrons. The number of aromatic nitrogens is 6. The van der Waals surface area contributed by atoms with Gasteiger partial charge < -0.3 is 5.11 Å². The number of hydrogen-bond donors (Lipinski definition) is 2. The van der Waals surface area contributed by atoms with Gasteiger partial charge in [-0.25, -0.2) is 14.5 Å². The summed E-state index contributed by atoms with van der Waals surface area (Å²) in [4.78, 5) is 30.8. The zero-order valence-electron chi connectivity index (χ0n) is 15.0. The van der Waals surface area contributed by atoms with Crippen LogP contribution in [0.15, 0.2) is 41.6 Å². The van der Waals surface area contributed by atoms with Crippen molar-refractivity contribution in [1.82, 2.24) is 29.5 Å². The smallest absolute Gasteiger partial charge is 0.338 e. The Morgan fingerprint density at radius 2 is 2.03 bits per heavy atom. The van der Waals surface area contributed by atoms with Crippen LogP contribution >= 0.6 is 23.2 Å². The van der Waals surface area contributed by atoms with Gasteiger partial charge in [-0.1, -0.05) is 36.2 Å². The number of hydrogen-bond acceptors (Lipinski definition) is 5. The third-order valence-electron chi connectivity index (χ3n) is 4.50. The van der Waals surface area contributed by atoms with Gasteiger partial charge in [-0.2, -0.15) is 10.2 Å². The molecule has 2 N–H and O–H groups in total. The molecule has 11 heteroatoms. The van der Waals surface area contributed by atoms with Crippen LogP contribution in [-0.4, -0.2) is 40.6 Å². The normalized spacial score (nSPS) is 12.4. The van der Waals surface area contributed by atoms with Gasteiger partial charge in [0.05, 0.1) is 34.0 Å². The van der Waals surface area contributed by atoms with Gasteiger partial charge in [0.1, 0.15) is 5.52 Å². The molecule has 0 fully saturated rings. The first-order valence-electron chi connectivity index (χ1n) is 8.60. The van der Waals surface area contributed by atoms with E-state index in [0.717, 1.165) is 5.56 Å². The standard InChI is InChI=1S/C18H14Cl2N6O3/c1-2-14(9-3-4-11(19)12(20)5-9)26-15-13(7-22-26)23-18(24-16(15)27)25-8-10(6-21-25)17(28)29/h3-8,14H,2H2,1H3,(H,28,29)(H,23,24,27)/t14-/m0/s1. The molecule has 0 saturated carbocycles. The van der Waals surface area contributed by atoms with E-state index in [1.165, 1.54) is 23.3 Å². The molecule has 29 heavy (non-hydrogen) atoms. The molecule has 0 spiro atoms. The van der Waals surface area contributed by atoms with E-state index in [2.05, 4.69) is 20.2 Å². The zero-order valence-corrected chi connectivity index (χ0v) is 16.5. The zero-order chi connectivity index (χ0) is 20.7. The van der Waals surface area contributed by atoms with Crippen LogP contribution in [0.25, 0.3) is 17.0 Å². The second kappa shape index (κ2) is 7.34. The van der Waals surface area contributed by atoms with Crippen molar-refractivity contribution < 1.29 is 9.90 Å². The van der Waals surface area contributed by atoms with Crippen molar-refractivity contribution in [3.63, 3.8) is 0 Å². The van der Waals surface area contributed by atoms with Crippen LogP contribution in [0.5, 0.6) is 0 Å². The summed E-state index contributed by atoms with van der Waals surface area (Å²) in [7, 11) is 0. The summed E-state index contributed by atoms with van der Waals surface area (Å²) in [5.74, 6) is -1.03. The minimum atomic E-state index is -1.13. The number of carboxylic acid groups (broad SMARTS) is 1. The van der Waals surface area contributed by atoms with Crippen molar-refractivity contribution in [1.29, 1.82) is 0 Å². The van der Waals surface area contributed by atoms with Crippen LogP contribution in [0.4, 0.5) is 0 Å². The molecule has 0 aliphatic heterocycles. The molecule has 4 rings (SSSR count). The molecule has 1 atom stereocenters. The van der Waals surface area contributed by atoms with Crippen molar-refractivity contribution in [3.05, 3.63) is 68.3 Å². The topological polar surface area (TPSA) is 119 Å². The average molecular weight is 433 g/mol.